The van der Waals surface area contributed by atoms with E-state index in [0.29, 0.717) is 12.1 Å². The van der Waals surface area contributed by atoms with Crippen LogP contribution in [-0.4, -0.2) is 6.54 Å². The van der Waals surface area contributed by atoms with Crippen LogP contribution in [0.15, 0.2) is 18.2 Å². The van der Waals surface area contributed by atoms with Crippen molar-refractivity contribution >= 4 is 17.7 Å². The second kappa shape index (κ2) is 5.13. The van der Waals surface area contributed by atoms with E-state index in [-0.39, 0.29) is 10.8 Å². The summed E-state index contributed by atoms with van der Waals surface area (Å²) in [6.07, 6.45) is 4.65. The lowest BCUT2D eigenvalue weighted by molar-refractivity contribution is 0.619. The molecule has 1 aromatic carbocycles. The quantitative estimate of drug-likeness (QED) is 0.820. The summed E-state index contributed by atoms with van der Waals surface area (Å²) in [5, 5.41) is 0.164. The normalized spacial score (nSPS) is 11.1. The van der Waals surface area contributed by atoms with Gasteiger partial charge in [-0.3, -0.25) is 0 Å². The summed E-state index contributed by atoms with van der Waals surface area (Å²) in [6, 6.07) is 3.37. The van der Waals surface area contributed by atoms with Gasteiger partial charge >= 0.3 is 0 Å². The Kier molecular flexibility index (Phi) is 4.11. The molecule has 2 N–H and O–H groups in total. The SMILES string of the molecule is Cc1cc(/C=C/CCN)cc(Cl)c1F. The Balaban J connectivity index is 2.89. The van der Waals surface area contributed by atoms with Crippen molar-refractivity contribution in [3.8, 4) is 0 Å². The van der Waals surface area contributed by atoms with Gasteiger partial charge in [0.15, 0.2) is 0 Å². The summed E-state index contributed by atoms with van der Waals surface area (Å²) in [6.45, 7) is 2.31. The third kappa shape index (κ3) is 2.82. The Bertz CT molecular complexity index is 324. The Morgan fingerprint density at radius 2 is 2.21 bits per heavy atom. The second-order valence-electron chi connectivity index (χ2n) is 3.11. The van der Waals surface area contributed by atoms with Crippen LogP contribution in [-0.2, 0) is 0 Å². The van der Waals surface area contributed by atoms with Gasteiger partial charge in [-0.05, 0) is 43.1 Å². The maximum absolute atomic E-state index is 13.1. The molecule has 0 spiro atoms. The average Bonchev–Trinajstić information content (AvgIpc) is 2.14. The minimum absolute atomic E-state index is 0.164. The number of hydrogen-bond acceptors (Lipinski definition) is 1. The number of halogens is 2. The van der Waals surface area contributed by atoms with Crippen LogP contribution in [0.1, 0.15) is 17.5 Å². The minimum atomic E-state index is -0.345. The number of nitrogens with two attached hydrogens (primary N) is 1. The highest BCUT2D eigenvalue weighted by Crippen LogP contribution is 2.20. The highest BCUT2D eigenvalue weighted by atomic mass is 35.5. The van der Waals surface area contributed by atoms with Gasteiger partial charge in [0.25, 0.3) is 0 Å². The van der Waals surface area contributed by atoms with Crippen molar-refractivity contribution in [1.82, 2.24) is 0 Å². The van der Waals surface area contributed by atoms with Crippen LogP contribution in [0.4, 0.5) is 4.39 Å². The van der Waals surface area contributed by atoms with Gasteiger partial charge in [-0.2, -0.15) is 0 Å². The van der Waals surface area contributed by atoms with Crippen molar-refractivity contribution in [2.45, 2.75) is 13.3 Å². The van der Waals surface area contributed by atoms with Crippen molar-refractivity contribution in [1.29, 1.82) is 0 Å². The van der Waals surface area contributed by atoms with Gasteiger partial charge in [-0.1, -0.05) is 23.8 Å². The largest absolute Gasteiger partial charge is 0.330 e. The fraction of sp³-hybridized carbons (Fsp3) is 0.273. The van der Waals surface area contributed by atoms with Gasteiger partial charge in [-0.15, -0.1) is 0 Å². The van der Waals surface area contributed by atoms with Crippen LogP contribution in [0.3, 0.4) is 0 Å². The Morgan fingerprint density at radius 1 is 1.50 bits per heavy atom. The fourth-order valence-corrected chi connectivity index (χ4v) is 1.44. The monoisotopic (exact) mass is 213 g/mol. The van der Waals surface area contributed by atoms with E-state index in [4.69, 9.17) is 17.3 Å². The van der Waals surface area contributed by atoms with E-state index in [2.05, 4.69) is 0 Å². The van der Waals surface area contributed by atoms with Gasteiger partial charge in [0.2, 0.25) is 0 Å². The van der Waals surface area contributed by atoms with Crippen LogP contribution in [0.25, 0.3) is 6.08 Å². The number of hydrogen-bond donors (Lipinski definition) is 1. The molecular formula is C11H13ClFN. The average molecular weight is 214 g/mol. The van der Waals surface area contributed by atoms with Gasteiger partial charge in [0.05, 0.1) is 5.02 Å². The molecule has 0 unspecified atom stereocenters. The summed E-state index contributed by atoms with van der Waals surface area (Å²) in [4.78, 5) is 0. The first-order valence-electron chi connectivity index (χ1n) is 4.47. The zero-order valence-corrected chi connectivity index (χ0v) is 8.81. The molecule has 76 valence electrons. The first kappa shape index (κ1) is 11.2. The van der Waals surface area contributed by atoms with Crippen molar-refractivity contribution in [2.75, 3.05) is 6.54 Å². The van der Waals surface area contributed by atoms with E-state index in [1.165, 1.54) is 0 Å². The van der Waals surface area contributed by atoms with Crippen LogP contribution in [0, 0.1) is 12.7 Å². The van der Waals surface area contributed by atoms with Crippen molar-refractivity contribution in [3.05, 3.63) is 40.2 Å². The highest BCUT2D eigenvalue weighted by molar-refractivity contribution is 6.30. The smallest absolute Gasteiger partial charge is 0.144 e. The standard InChI is InChI=1S/C11H13ClFN/c1-8-6-9(4-2-3-5-14)7-10(12)11(8)13/h2,4,6-7H,3,5,14H2,1H3/b4-2+. The molecule has 0 aliphatic carbocycles. The Morgan fingerprint density at radius 3 is 2.79 bits per heavy atom. The van der Waals surface area contributed by atoms with Crippen LogP contribution in [0.5, 0.6) is 0 Å². The Labute approximate surface area is 88.4 Å². The molecule has 0 amide bonds. The first-order chi connectivity index (χ1) is 6.65. The van der Waals surface area contributed by atoms with Gasteiger partial charge in [-0.25, -0.2) is 4.39 Å². The van der Waals surface area contributed by atoms with Gasteiger partial charge < -0.3 is 5.73 Å². The molecule has 0 aliphatic rings. The summed E-state index contributed by atoms with van der Waals surface area (Å²) >= 11 is 5.70. The number of rotatable bonds is 3. The molecule has 0 radical (unpaired) electrons. The molecular weight excluding hydrogens is 201 g/mol. The third-order valence-electron chi connectivity index (χ3n) is 1.88. The molecule has 0 aromatic heterocycles. The highest BCUT2D eigenvalue weighted by Gasteiger charge is 2.03. The molecule has 0 bridgehead atoms. The van der Waals surface area contributed by atoms with Crippen LogP contribution >= 0.6 is 11.6 Å². The van der Waals surface area contributed by atoms with E-state index in [0.717, 1.165) is 12.0 Å². The zero-order chi connectivity index (χ0) is 10.6. The molecule has 0 fully saturated rings. The molecule has 0 atom stereocenters. The van der Waals surface area contributed by atoms with Crippen molar-refractivity contribution in [2.24, 2.45) is 5.73 Å². The zero-order valence-electron chi connectivity index (χ0n) is 8.06. The van der Waals surface area contributed by atoms with E-state index < -0.39 is 0 Å². The Hall–Kier alpha value is -0.860. The van der Waals surface area contributed by atoms with E-state index in [1.807, 2.05) is 12.2 Å². The van der Waals surface area contributed by atoms with E-state index >= 15 is 0 Å². The molecule has 1 aromatic rings. The molecule has 14 heavy (non-hydrogen) atoms. The maximum Gasteiger partial charge on any atom is 0.144 e. The molecule has 0 aliphatic heterocycles. The summed E-state index contributed by atoms with van der Waals surface area (Å²) in [5.74, 6) is -0.345. The van der Waals surface area contributed by atoms with Gasteiger partial charge in [0.1, 0.15) is 5.82 Å². The number of benzene rings is 1. The molecule has 3 heteroatoms. The lowest BCUT2D eigenvalue weighted by Gasteiger charge is -2.01. The van der Waals surface area contributed by atoms with Gasteiger partial charge in [0, 0.05) is 0 Å². The van der Waals surface area contributed by atoms with E-state index in [9.17, 15) is 4.39 Å². The second-order valence-corrected chi connectivity index (χ2v) is 3.52. The minimum Gasteiger partial charge on any atom is -0.330 e. The summed E-state index contributed by atoms with van der Waals surface area (Å²) < 4.78 is 13.1. The molecule has 1 nitrogen and oxygen atoms in total. The topological polar surface area (TPSA) is 26.0 Å². The van der Waals surface area contributed by atoms with Crippen molar-refractivity contribution < 1.29 is 4.39 Å². The predicted molar refractivity (Wildman–Crippen MR) is 58.9 cm³/mol. The predicted octanol–water partition coefficient (Wildman–Crippen LogP) is 3.15. The molecule has 0 heterocycles. The maximum atomic E-state index is 13.1. The molecule has 1 rings (SSSR count). The summed E-state index contributed by atoms with van der Waals surface area (Å²) in [5.41, 5.74) is 6.80. The molecule has 0 saturated carbocycles. The number of aryl methyl sites for hydroxylation is 1. The third-order valence-corrected chi connectivity index (χ3v) is 2.15. The summed E-state index contributed by atoms with van der Waals surface area (Å²) in [7, 11) is 0. The van der Waals surface area contributed by atoms with Crippen LogP contribution in [0.2, 0.25) is 5.02 Å². The first-order valence-corrected chi connectivity index (χ1v) is 4.85. The van der Waals surface area contributed by atoms with E-state index in [1.54, 1.807) is 19.1 Å². The lowest BCUT2D eigenvalue weighted by atomic mass is 10.1. The fourth-order valence-electron chi connectivity index (χ4n) is 1.16. The lowest BCUT2D eigenvalue weighted by Crippen LogP contribution is -1.95. The van der Waals surface area contributed by atoms with Crippen LogP contribution < -0.4 is 5.73 Å². The molecule has 0 saturated heterocycles. The van der Waals surface area contributed by atoms with Crippen molar-refractivity contribution in [3.63, 3.8) is 0 Å².